The minimum absolute atomic E-state index is 0.192. The van der Waals surface area contributed by atoms with Crippen molar-refractivity contribution in [3.8, 4) is 6.07 Å². The predicted octanol–water partition coefficient (Wildman–Crippen LogP) is 3.97. The molecule has 0 heterocycles. The molecule has 2 aliphatic carbocycles. The SMILES string of the molecule is CC(C)C(C)SCCC1CCCC1(C#N)NC1CC1. The van der Waals surface area contributed by atoms with E-state index in [0.717, 1.165) is 17.6 Å². The van der Waals surface area contributed by atoms with Crippen LogP contribution < -0.4 is 5.32 Å². The van der Waals surface area contributed by atoms with Gasteiger partial charge in [-0.15, -0.1) is 0 Å². The molecule has 1 N–H and O–H groups in total. The van der Waals surface area contributed by atoms with Crippen molar-refractivity contribution < 1.29 is 0 Å². The molecule has 0 aliphatic heterocycles. The summed E-state index contributed by atoms with van der Waals surface area (Å²) in [4.78, 5) is 0. The number of hydrogen-bond acceptors (Lipinski definition) is 3. The number of nitriles is 1. The first kappa shape index (κ1) is 15.2. The van der Waals surface area contributed by atoms with Crippen LogP contribution in [0.2, 0.25) is 0 Å². The number of rotatable bonds is 7. The van der Waals surface area contributed by atoms with Gasteiger partial charge in [-0.2, -0.15) is 17.0 Å². The van der Waals surface area contributed by atoms with Gasteiger partial charge in [-0.05, 0) is 49.7 Å². The molecule has 0 radical (unpaired) electrons. The fourth-order valence-electron chi connectivity index (χ4n) is 3.02. The van der Waals surface area contributed by atoms with E-state index in [-0.39, 0.29) is 5.54 Å². The zero-order valence-electron chi connectivity index (χ0n) is 12.6. The lowest BCUT2D eigenvalue weighted by Gasteiger charge is -2.30. The number of hydrogen-bond donors (Lipinski definition) is 1. The Bertz CT molecular complexity index is 332. The highest BCUT2D eigenvalue weighted by Gasteiger charge is 2.45. The lowest BCUT2D eigenvalue weighted by molar-refractivity contribution is 0.308. The number of nitrogens with zero attached hydrogens (tertiary/aromatic N) is 1. The van der Waals surface area contributed by atoms with E-state index in [0.29, 0.717) is 12.0 Å². The van der Waals surface area contributed by atoms with Crippen LogP contribution >= 0.6 is 11.8 Å². The Morgan fingerprint density at radius 3 is 2.63 bits per heavy atom. The fraction of sp³-hybridized carbons (Fsp3) is 0.938. The first-order chi connectivity index (χ1) is 9.07. The van der Waals surface area contributed by atoms with Gasteiger partial charge in [-0.3, -0.25) is 5.32 Å². The molecular weight excluding hydrogens is 252 g/mol. The van der Waals surface area contributed by atoms with Crippen LogP contribution in [-0.2, 0) is 0 Å². The molecule has 3 unspecified atom stereocenters. The molecule has 0 bridgehead atoms. The third-order valence-corrected chi connectivity index (χ3v) is 6.39. The summed E-state index contributed by atoms with van der Waals surface area (Å²) in [6.45, 7) is 6.91. The van der Waals surface area contributed by atoms with Gasteiger partial charge in [0.05, 0.1) is 6.07 Å². The molecule has 0 aromatic carbocycles. The van der Waals surface area contributed by atoms with Crippen LogP contribution in [-0.4, -0.2) is 22.6 Å². The predicted molar refractivity (Wildman–Crippen MR) is 83.2 cm³/mol. The minimum Gasteiger partial charge on any atom is -0.296 e. The highest BCUT2D eigenvalue weighted by molar-refractivity contribution is 7.99. The van der Waals surface area contributed by atoms with Crippen LogP contribution in [0.4, 0.5) is 0 Å². The van der Waals surface area contributed by atoms with E-state index in [2.05, 4.69) is 43.9 Å². The fourth-order valence-corrected chi connectivity index (χ4v) is 4.20. The van der Waals surface area contributed by atoms with Crippen LogP contribution in [0.5, 0.6) is 0 Å². The van der Waals surface area contributed by atoms with Crippen LogP contribution in [0.15, 0.2) is 0 Å². The van der Waals surface area contributed by atoms with Gasteiger partial charge in [0.25, 0.3) is 0 Å². The largest absolute Gasteiger partial charge is 0.296 e. The van der Waals surface area contributed by atoms with Crippen LogP contribution in [0, 0.1) is 23.2 Å². The van der Waals surface area contributed by atoms with E-state index in [9.17, 15) is 5.26 Å². The molecule has 2 fully saturated rings. The Labute approximate surface area is 122 Å². The second-order valence-electron chi connectivity index (χ2n) is 6.70. The minimum atomic E-state index is -0.192. The van der Waals surface area contributed by atoms with E-state index in [1.165, 1.54) is 37.9 Å². The summed E-state index contributed by atoms with van der Waals surface area (Å²) in [5, 5.41) is 14.0. The lowest BCUT2D eigenvalue weighted by Crippen LogP contribution is -2.48. The van der Waals surface area contributed by atoms with E-state index < -0.39 is 0 Å². The molecular formula is C16H28N2S. The maximum absolute atomic E-state index is 9.64. The van der Waals surface area contributed by atoms with E-state index in [1.807, 2.05) is 0 Å². The summed E-state index contributed by atoms with van der Waals surface area (Å²) in [6, 6.07) is 3.28. The summed E-state index contributed by atoms with van der Waals surface area (Å²) in [5.74, 6) is 2.53. The normalized spacial score (nSPS) is 32.5. The Morgan fingerprint density at radius 1 is 1.32 bits per heavy atom. The molecule has 3 atom stereocenters. The molecule has 2 rings (SSSR count). The van der Waals surface area contributed by atoms with Gasteiger partial charge in [-0.25, -0.2) is 0 Å². The van der Waals surface area contributed by atoms with Crippen molar-refractivity contribution in [1.29, 1.82) is 5.26 Å². The highest BCUT2D eigenvalue weighted by atomic mass is 32.2. The second-order valence-corrected chi connectivity index (χ2v) is 8.18. The van der Waals surface area contributed by atoms with Crippen molar-refractivity contribution in [2.75, 3.05) is 5.75 Å². The van der Waals surface area contributed by atoms with Gasteiger partial charge in [-0.1, -0.05) is 27.2 Å². The average molecular weight is 280 g/mol. The molecule has 2 nitrogen and oxygen atoms in total. The molecule has 2 saturated carbocycles. The quantitative estimate of drug-likeness (QED) is 0.766. The van der Waals surface area contributed by atoms with Gasteiger partial charge in [0.15, 0.2) is 0 Å². The second kappa shape index (κ2) is 6.50. The Hall–Kier alpha value is -0.200. The first-order valence-electron chi connectivity index (χ1n) is 7.88. The monoisotopic (exact) mass is 280 g/mol. The summed E-state index contributed by atoms with van der Waals surface area (Å²) in [5.41, 5.74) is -0.192. The number of nitrogens with one attached hydrogen (secondary N) is 1. The van der Waals surface area contributed by atoms with Gasteiger partial charge in [0.1, 0.15) is 5.54 Å². The van der Waals surface area contributed by atoms with Gasteiger partial charge < -0.3 is 0 Å². The molecule has 19 heavy (non-hydrogen) atoms. The van der Waals surface area contributed by atoms with Crippen molar-refractivity contribution in [2.24, 2.45) is 11.8 Å². The smallest absolute Gasteiger partial charge is 0.109 e. The van der Waals surface area contributed by atoms with Gasteiger partial charge in [0.2, 0.25) is 0 Å². The zero-order chi connectivity index (χ0) is 13.9. The molecule has 0 aromatic heterocycles. The third-order valence-electron chi connectivity index (χ3n) is 4.85. The van der Waals surface area contributed by atoms with Crippen molar-refractivity contribution in [1.82, 2.24) is 5.32 Å². The van der Waals surface area contributed by atoms with Crippen molar-refractivity contribution >= 4 is 11.8 Å². The molecule has 0 spiro atoms. The Morgan fingerprint density at radius 2 is 2.05 bits per heavy atom. The van der Waals surface area contributed by atoms with Gasteiger partial charge >= 0.3 is 0 Å². The molecule has 0 aromatic rings. The summed E-state index contributed by atoms with van der Waals surface area (Å²) in [7, 11) is 0. The standard InChI is InChI=1S/C16H28N2S/c1-12(2)13(3)19-10-8-14-5-4-9-16(14,11-17)18-15-6-7-15/h12-15,18H,4-10H2,1-3H3. The van der Waals surface area contributed by atoms with E-state index in [1.54, 1.807) is 0 Å². The van der Waals surface area contributed by atoms with Crippen LogP contribution in [0.25, 0.3) is 0 Å². The maximum atomic E-state index is 9.64. The first-order valence-corrected chi connectivity index (χ1v) is 8.93. The zero-order valence-corrected chi connectivity index (χ0v) is 13.4. The van der Waals surface area contributed by atoms with Crippen LogP contribution in [0.1, 0.15) is 59.3 Å². The summed E-state index contributed by atoms with van der Waals surface area (Å²) >= 11 is 2.08. The topological polar surface area (TPSA) is 35.8 Å². The molecule has 0 amide bonds. The number of thioether (sulfide) groups is 1. The third kappa shape index (κ3) is 3.89. The lowest BCUT2D eigenvalue weighted by atomic mass is 9.86. The molecule has 0 saturated heterocycles. The Balaban J connectivity index is 1.82. The summed E-state index contributed by atoms with van der Waals surface area (Å²) < 4.78 is 0. The van der Waals surface area contributed by atoms with Crippen molar-refractivity contribution in [3.05, 3.63) is 0 Å². The molecule has 108 valence electrons. The Kier molecular flexibility index (Phi) is 5.20. The van der Waals surface area contributed by atoms with Gasteiger partial charge in [0, 0.05) is 11.3 Å². The van der Waals surface area contributed by atoms with Crippen molar-refractivity contribution in [3.63, 3.8) is 0 Å². The summed E-state index contributed by atoms with van der Waals surface area (Å²) in [6.07, 6.45) is 7.28. The molecule has 2 aliphatic rings. The maximum Gasteiger partial charge on any atom is 0.109 e. The van der Waals surface area contributed by atoms with E-state index >= 15 is 0 Å². The van der Waals surface area contributed by atoms with E-state index in [4.69, 9.17) is 0 Å². The highest BCUT2D eigenvalue weighted by Crippen LogP contribution is 2.41. The van der Waals surface area contributed by atoms with Crippen LogP contribution in [0.3, 0.4) is 0 Å². The average Bonchev–Trinajstić information content (AvgIpc) is 3.10. The van der Waals surface area contributed by atoms with Crippen molar-refractivity contribution in [2.45, 2.75) is 76.1 Å². The molecule has 3 heteroatoms.